The lowest BCUT2D eigenvalue weighted by Crippen LogP contribution is -1.97. The smallest absolute Gasteiger partial charge is 0.119 e. The van der Waals surface area contributed by atoms with Crippen LogP contribution in [-0.2, 0) is 11.3 Å². The zero-order valence-corrected chi connectivity index (χ0v) is 18.0. The van der Waals surface area contributed by atoms with Gasteiger partial charge in [0.25, 0.3) is 0 Å². The van der Waals surface area contributed by atoms with Crippen LogP contribution >= 0.6 is 0 Å². The van der Waals surface area contributed by atoms with Crippen molar-refractivity contribution in [3.8, 4) is 5.75 Å². The standard InChI is InChI=1S/C26H38O3/c1-28-25-18-14-15-23(21-25)22-29-20-13-8-6-4-2-3-5-7-12-19-26(27)24-16-10-9-11-17-24/h9-11,14-18,21,26-27H,2-8,12-13,19-20,22H2,1H3. The highest BCUT2D eigenvalue weighted by molar-refractivity contribution is 5.27. The number of methoxy groups -OCH3 is 1. The normalized spacial score (nSPS) is 12.1. The van der Waals surface area contributed by atoms with Crippen molar-refractivity contribution in [3.63, 3.8) is 0 Å². The van der Waals surface area contributed by atoms with Gasteiger partial charge in [0, 0.05) is 6.61 Å². The summed E-state index contributed by atoms with van der Waals surface area (Å²) in [7, 11) is 1.69. The molecule has 0 saturated carbocycles. The molecule has 160 valence electrons. The average molecular weight is 399 g/mol. The Bertz CT molecular complexity index is 641. The molecule has 2 aromatic carbocycles. The molecule has 0 radical (unpaired) electrons. The molecule has 0 bridgehead atoms. The van der Waals surface area contributed by atoms with E-state index in [1.54, 1.807) is 7.11 Å². The molecule has 0 fully saturated rings. The van der Waals surface area contributed by atoms with Crippen LogP contribution in [0.1, 0.15) is 81.4 Å². The summed E-state index contributed by atoms with van der Waals surface area (Å²) in [5.41, 5.74) is 2.21. The molecule has 0 aromatic heterocycles. The Hall–Kier alpha value is -1.84. The molecule has 0 aliphatic carbocycles. The molecule has 0 spiro atoms. The van der Waals surface area contributed by atoms with Gasteiger partial charge in [0.1, 0.15) is 5.75 Å². The monoisotopic (exact) mass is 398 g/mol. The Balaban J connectivity index is 1.34. The van der Waals surface area contributed by atoms with Crippen LogP contribution in [0, 0.1) is 0 Å². The number of aliphatic hydroxyl groups is 1. The fraction of sp³-hybridized carbons (Fsp3) is 0.538. The summed E-state index contributed by atoms with van der Waals surface area (Å²) in [6.07, 6.45) is 11.8. The third-order valence-corrected chi connectivity index (χ3v) is 5.35. The number of aliphatic hydroxyl groups excluding tert-OH is 1. The molecule has 0 amide bonds. The van der Waals surface area contributed by atoms with Gasteiger partial charge in [0.15, 0.2) is 0 Å². The van der Waals surface area contributed by atoms with E-state index in [4.69, 9.17) is 9.47 Å². The molecule has 1 N–H and O–H groups in total. The van der Waals surface area contributed by atoms with E-state index >= 15 is 0 Å². The largest absolute Gasteiger partial charge is 0.497 e. The first-order chi connectivity index (χ1) is 14.3. The predicted octanol–water partition coefficient (Wildman–Crippen LogP) is 6.85. The molecular weight excluding hydrogens is 360 g/mol. The Morgan fingerprint density at radius 3 is 2.10 bits per heavy atom. The topological polar surface area (TPSA) is 38.7 Å². The predicted molar refractivity (Wildman–Crippen MR) is 120 cm³/mol. The minimum absolute atomic E-state index is 0.303. The number of hydrogen-bond donors (Lipinski definition) is 1. The average Bonchev–Trinajstić information content (AvgIpc) is 2.77. The van der Waals surface area contributed by atoms with Gasteiger partial charge in [0.2, 0.25) is 0 Å². The minimum atomic E-state index is -0.303. The van der Waals surface area contributed by atoms with Gasteiger partial charge in [-0.2, -0.15) is 0 Å². The Morgan fingerprint density at radius 1 is 0.759 bits per heavy atom. The first kappa shape index (κ1) is 23.4. The van der Waals surface area contributed by atoms with Crippen LogP contribution in [0.5, 0.6) is 5.75 Å². The summed E-state index contributed by atoms with van der Waals surface area (Å²) in [5, 5.41) is 10.2. The Kier molecular flexibility index (Phi) is 12.2. The summed E-state index contributed by atoms with van der Waals surface area (Å²) in [4.78, 5) is 0. The number of hydrogen-bond acceptors (Lipinski definition) is 3. The fourth-order valence-corrected chi connectivity index (χ4v) is 3.57. The number of rotatable bonds is 16. The van der Waals surface area contributed by atoms with Crippen LogP contribution < -0.4 is 4.74 Å². The molecule has 2 aromatic rings. The quantitative estimate of drug-likeness (QED) is 0.314. The maximum absolute atomic E-state index is 10.2. The second-order valence-corrected chi connectivity index (χ2v) is 7.80. The van der Waals surface area contributed by atoms with Gasteiger partial charge in [-0.05, 0) is 36.1 Å². The van der Waals surface area contributed by atoms with Gasteiger partial charge in [-0.1, -0.05) is 93.8 Å². The maximum atomic E-state index is 10.2. The van der Waals surface area contributed by atoms with E-state index in [2.05, 4.69) is 6.07 Å². The van der Waals surface area contributed by atoms with Crippen LogP contribution in [0.15, 0.2) is 54.6 Å². The summed E-state index contributed by atoms with van der Waals surface area (Å²) >= 11 is 0. The number of ether oxygens (including phenoxy) is 2. The third kappa shape index (κ3) is 10.5. The zero-order chi connectivity index (χ0) is 20.6. The van der Waals surface area contributed by atoms with E-state index in [1.165, 1.54) is 50.5 Å². The second-order valence-electron chi connectivity index (χ2n) is 7.80. The lowest BCUT2D eigenvalue weighted by molar-refractivity contribution is 0.116. The van der Waals surface area contributed by atoms with E-state index in [0.29, 0.717) is 6.61 Å². The molecule has 0 saturated heterocycles. The van der Waals surface area contributed by atoms with Gasteiger partial charge >= 0.3 is 0 Å². The Morgan fingerprint density at radius 2 is 1.41 bits per heavy atom. The van der Waals surface area contributed by atoms with Crippen molar-refractivity contribution in [2.45, 2.75) is 76.9 Å². The highest BCUT2D eigenvalue weighted by atomic mass is 16.5. The molecule has 1 atom stereocenters. The lowest BCUT2D eigenvalue weighted by Gasteiger charge is -2.10. The van der Waals surface area contributed by atoms with Crippen molar-refractivity contribution in [1.82, 2.24) is 0 Å². The van der Waals surface area contributed by atoms with Crippen molar-refractivity contribution >= 4 is 0 Å². The van der Waals surface area contributed by atoms with Crippen molar-refractivity contribution in [2.75, 3.05) is 13.7 Å². The van der Waals surface area contributed by atoms with Crippen LogP contribution in [-0.4, -0.2) is 18.8 Å². The fourth-order valence-electron chi connectivity index (χ4n) is 3.57. The van der Waals surface area contributed by atoms with Crippen LogP contribution in [0.25, 0.3) is 0 Å². The second kappa shape index (κ2) is 15.1. The molecule has 3 nitrogen and oxygen atoms in total. The van der Waals surface area contributed by atoms with Crippen molar-refractivity contribution < 1.29 is 14.6 Å². The van der Waals surface area contributed by atoms with Crippen LogP contribution in [0.4, 0.5) is 0 Å². The van der Waals surface area contributed by atoms with Gasteiger partial charge in [-0.3, -0.25) is 0 Å². The van der Waals surface area contributed by atoms with Crippen LogP contribution in [0.3, 0.4) is 0 Å². The van der Waals surface area contributed by atoms with E-state index < -0.39 is 0 Å². The van der Waals surface area contributed by atoms with E-state index in [-0.39, 0.29) is 6.10 Å². The van der Waals surface area contributed by atoms with Gasteiger partial charge < -0.3 is 14.6 Å². The third-order valence-electron chi connectivity index (χ3n) is 5.35. The molecule has 0 aliphatic heterocycles. The zero-order valence-electron chi connectivity index (χ0n) is 18.0. The number of benzene rings is 2. The summed E-state index contributed by atoms with van der Waals surface area (Å²) in [6, 6.07) is 18.1. The van der Waals surface area contributed by atoms with Crippen LogP contribution in [0.2, 0.25) is 0 Å². The first-order valence-corrected chi connectivity index (χ1v) is 11.2. The molecular formula is C26H38O3. The minimum Gasteiger partial charge on any atom is -0.497 e. The summed E-state index contributed by atoms with van der Waals surface area (Å²) in [5.74, 6) is 0.887. The molecule has 2 rings (SSSR count). The lowest BCUT2D eigenvalue weighted by atomic mass is 10.0. The molecule has 0 heterocycles. The number of unbranched alkanes of at least 4 members (excludes halogenated alkanes) is 8. The summed E-state index contributed by atoms with van der Waals surface area (Å²) in [6.45, 7) is 1.50. The summed E-state index contributed by atoms with van der Waals surface area (Å²) < 4.78 is 11.0. The molecule has 1 unspecified atom stereocenters. The van der Waals surface area contributed by atoms with E-state index in [0.717, 1.165) is 37.2 Å². The van der Waals surface area contributed by atoms with Crippen molar-refractivity contribution in [3.05, 3.63) is 65.7 Å². The molecule has 0 aliphatic rings. The SMILES string of the molecule is COc1cccc(COCCCCCCCCCCCC(O)c2ccccc2)c1. The van der Waals surface area contributed by atoms with E-state index in [9.17, 15) is 5.11 Å². The molecule has 3 heteroatoms. The maximum Gasteiger partial charge on any atom is 0.119 e. The highest BCUT2D eigenvalue weighted by Gasteiger charge is 2.05. The highest BCUT2D eigenvalue weighted by Crippen LogP contribution is 2.20. The van der Waals surface area contributed by atoms with Gasteiger partial charge in [-0.15, -0.1) is 0 Å². The van der Waals surface area contributed by atoms with Gasteiger partial charge in [-0.25, -0.2) is 0 Å². The van der Waals surface area contributed by atoms with Gasteiger partial charge in [0.05, 0.1) is 19.8 Å². The van der Waals surface area contributed by atoms with Crippen molar-refractivity contribution in [2.24, 2.45) is 0 Å². The first-order valence-electron chi connectivity index (χ1n) is 11.2. The van der Waals surface area contributed by atoms with E-state index in [1.807, 2.05) is 48.5 Å². The van der Waals surface area contributed by atoms with Crippen molar-refractivity contribution in [1.29, 1.82) is 0 Å². The Labute approximate surface area is 177 Å². The molecule has 29 heavy (non-hydrogen) atoms.